The molecule has 2 aliphatic heterocycles. The maximum absolute atomic E-state index is 11.7. The lowest BCUT2D eigenvalue weighted by atomic mass is 9.98. The molecule has 1 saturated carbocycles. The Kier molecular flexibility index (Phi) is 1.12. The van der Waals surface area contributed by atoms with Crippen molar-refractivity contribution >= 4 is 11.8 Å². The number of hydrogen-bond acceptors (Lipinski definition) is 4. The minimum Gasteiger partial charge on any atom is -0.468 e. The Balaban J connectivity index is 2.02. The van der Waals surface area contributed by atoms with Crippen molar-refractivity contribution in [3.63, 3.8) is 0 Å². The molecule has 3 rings (SSSR count). The van der Waals surface area contributed by atoms with Crippen molar-refractivity contribution in [1.82, 2.24) is 4.90 Å². The third-order valence-corrected chi connectivity index (χ3v) is 3.78. The number of fused-ring (bicyclic) bond motifs is 1. The Bertz CT molecular complexity index is 304. The summed E-state index contributed by atoms with van der Waals surface area (Å²) in [6.45, 7) is 1.43. The highest BCUT2D eigenvalue weighted by Gasteiger charge is 2.82. The molecule has 2 unspecified atom stereocenters. The van der Waals surface area contributed by atoms with E-state index in [0.717, 1.165) is 13.0 Å². The van der Waals surface area contributed by atoms with Crippen LogP contribution in [-0.2, 0) is 14.3 Å². The molecule has 2 heterocycles. The molecule has 4 nitrogen and oxygen atoms in total. The number of methoxy groups -OCH3 is 1. The molecular weight excluding hydrogens is 170 g/mol. The number of carbonyl (C=O) groups excluding carboxylic acids is 2. The molecule has 0 aromatic rings. The minimum atomic E-state index is -0.729. The second-order valence-electron chi connectivity index (χ2n) is 4.09. The highest BCUT2D eigenvalue weighted by atomic mass is 16.5. The highest BCUT2D eigenvalue weighted by Crippen LogP contribution is 2.65. The van der Waals surface area contributed by atoms with E-state index in [1.54, 1.807) is 0 Å². The summed E-state index contributed by atoms with van der Waals surface area (Å²) in [4.78, 5) is 25.3. The Morgan fingerprint density at radius 1 is 1.69 bits per heavy atom. The van der Waals surface area contributed by atoms with E-state index in [4.69, 9.17) is 4.74 Å². The molecule has 3 fully saturated rings. The summed E-state index contributed by atoms with van der Waals surface area (Å²) in [5.74, 6) is 0.0303. The third-order valence-electron chi connectivity index (χ3n) is 3.78. The number of Topliss-reactive ketones (excluding diaryl/α,β-unsaturated/α-hetero) is 1. The molecule has 4 heteroatoms. The van der Waals surface area contributed by atoms with Gasteiger partial charge in [-0.25, -0.2) is 0 Å². The van der Waals surface area contributed by atoms with Crippen molar-refractivity contribution in [2.45, 2.75) is 12.5 Å². The van der Waals surface area contributed by atoms with Gasteiger partial charge < -0.3 is 4.74 Å². The fourth-order valence-electron chi connectivity index (χ4n) is 3.23. The number of carbonyl (C=O) groups is 2. The van der Waals surface area contributed by atoms with Crippen molar-refractivity contribution in [2.24, 2.45) is 11.3 Å². The lowest BCUT2D eigenvalue weighted by Crippen LogP contribution is -2.29. The van der Waals surface area contributed by atoms with E-state index >= 15 is 0 Å². The maximum Gasteiger partial charge on any atom is 0.321 e. The zero-order valence-corrected chi connectivity index (χ0v) is 7.45. The standard InChI is InChI=1S/C9H11NO3/c1-13-8(12)9-5-2-3-10(7(5)9)4-6(9)11/h5,7H,2-4H2,1H3/t5?,7-,9?/m1/s1. The summed E-state index contributed by atoms with van der Waals surface area (Å²) in [5, 5.41) is 0. The first-order chi connectivity index (χ1) is 6.22. The number of hydrogen-bond donors (Lipinski definition) is 0. The summed E-state index contributed by atoms with van der Waals surface area (Å²) in [6.07, 6.45) is 0.978. The van der Waals surface area contributed by atoms with Crippen LogP contribution >= 0.6 is 0 Å². The SMILES string of the molecule is COC(=O)C12C(=O)CN3CCC1[C@@H]32. The molecule has 3 aliphatic rings. The molecular formula is C9H11NO3. The number of piperidine rings is 2. The molecule has 0 N–H and O–H groups in total. The van der Waals surface area contributed by atoms with Gasteiger partial charge >= 0.3 is 5.97 Å². The summed E-state index contributed by atoms with van der Waals surface area (Å²) >= 11 is 0. The number of ether oxygens (including phenoxy) is 1. The monoisotopic (exact) mass is 181 g/mol. The van der Waals surface area contributed by atoms with Crippen LogP contribution in [0.4, 0.5) is 0 Å². The predicted octanol–water partition coefficient (Wildman–Crippen LogP) is -0.567. The van der Waals surface area contributed by atoms with Crippen LogP contribution in [0.3, 0.4) is 0 Å². The van der Waals surface area contributed by atoms with Crippen molar-refractivity contribution in [3.8, 4) is 0 Å². The molecule has 0 amide bonds. The van der Waals surface area contributed by atoms with E-state index in [0.29, 0.717) is 6.54 Å². The molecule has 13 heavy (non-hydrogen) atoms. The van der Waals surface area contributed by atoms with Gasteiger partial charge in [-0.3, -0.25) is 14.5 Å². The molecule has 0 spiro atoms. The van der Waals surface area contributed by atoms with E-state index in [9.17, 15) is 9.59 Å². The van der Waals surface area contributed by atoms with Crippen LogP contribution in [0.1, 0.15) is 6.42 Å². The summed E-state index contributed by atoms with van der Waals surface area (Å²) in [5.41, 5.74) is -0.729. The van der Waals surface area contributed by atoms with Gasteiger partial charge in [0.1, 0.15) is 5.41 Å². The Morgan fingerprint density at radius 3 is 3.08 bits per heavy atom. The van der Waals surface area contributed by atoms with Gasteiger partial charge in [0.25, 0.3) is 0 Å². The molecule has 0 radical (unpaired) electrons. The zero-order chi connectivity index (χ0) is 9.22. The lowest BCUT2D eigenvalue weighted by molar-refractivity contribution is -0.151. The fourth-order valence-corrected chi connectivity index (χ4v) is 3.23. The first kappa shape index (κ1) is 7.50. The Labute approximate surface area is 75.8 Å². The normalized spacial score (nSPS) is 46.4. The van der Waals surface area contributed by atoms with Crippen molar-refractivity contribution in [1.29, 1.82) is 0 Å². The van der Waals surface area contributed by atoms with Crippen LogP contribution in [0.15, 0.2) is 0 Å². The molecule has 2 saturated heterocycles. The molecule has 1 aliphatic carbocycles. The molecule has 0 aromatic carbocycles. The minimum absolute atomic E-state index is 0.0758. The topological polar surface area (TPSA) is 46.6 Å². The Morgan fingerprint density at radius 2 is 2.46 bits per heavy atom. The fraction of sp³-hybridized carbons (Fsp3) is 0.778. The van der Waals surface area contributed by atoms with Gasteiger partial charge in [-0.05, 0) is 13.0 Å². The summed E-state index contributed by atoms with van der Waals surface area (Å²) < 4.78 is 4.72. The smallest absolute Gasteiger partial charge is 0.321 e. The van der Waals surface area contributed by atoms with Gasteiger partial charge in [0, 0.05) is 12.0 Å². The summed E-state index contributed by atoms with van der Waals surface area (Å²) in [6, 6.07) is 0.187. The average molecular weight is 181 g/mol. The van der Waals surface area contributed by atoms with Gasteiger partial charge in [-0.1, -0.05) is 0 Å². The van der Waals surface area contributed by atoms with E-state index < -0.39 is 5.41 Å². The molecule has 70 valence electrons. The van der Waals surface area contributed by atoms with Crippen LogP contribution in [0.5, 0.6) is 0 Å². The number of rotatable bonds is 1. The van der Waals surface area contributed by atoms with Crippen molar-refractivity contribution in [2.75, 3.05) is 20.2 Å². The second-order valence-corrected chi connectivity index (χ2v) is 4.09. The van der Waals surface area contributed by atoms with E-state index in [1.165, 1.54) is 7.11 Å². The number of nitrogens with zero attached hydrogens (tertiary/aromatic N) is 1. The van der Waals surface area contributed by atoms with E-state index in [1.807, 2.05) is 0 Å². The highest BCUT2D eigenvalue weighted by molar-refractivity contribution is 6.12. The van der Waals surface area contributed by atoms with Crippen molar-refractivity contribution < 1.29 is 14.3 Å². The lowest BCUT2D eigenvalue weighted by Gasteiger charge is -2.10. The second kappa shape index (κ2) is 1.95. The van der Waals surface area contributed by atoms with Gasteiger partial charge in [0.15, 0.2) is 5.78 Å². The van der Waals surface area contributed by atoms with Gasteiger partial charge in [-0.2, -0.15) is 0 Å². The quantitative estimate of drug-likeness (QED) is 0.401. The van der Waals surface area contributed by atoms with Gasteiger partial charge in [-0.15, -0.1) is 0 Å². The predicted molar refractivity (Wildman–Crippen MR) is 42.9 cm³/mol. The van der Waals surface area contributed by atoms with Gasteiger partial charge in [0.2, 0.25) is 0 Å². The van der Waals surface area contributed by atoms with Crippen LogP contribution in [0.25, 0.3) is 0 Å². The third kappa shape index (κ3) is 0.572. The average Bonchev–Trinajstić information content (AvgIpc) is 2.55. The first-order valence-electron chi connectivity index (χ1n) is 4.58. The van der Waals surface area contributed by atoms with Crippen LogP contribution in [0.2, 0.25) is 0 Å². The van der Waals surface area contributed by atoms with E-state index in [2.05, 4.69) is 4.90 Å². The van der Waals surface area contributed by atoms with Crippen LogP contribution in [0, 0.1) is 11.3 Å². The van der Waals surface area contributed by atoms with Crippen molar-refractivity contribution in [3.05, 3.63) is 0 Å². The van der Waals surface area contributed by atoms with Crippen LogP contribution < -0.4 is 0 Å². The molecule has 0 bridgehead atoms. The van der Waals surface area contributed by atoms with Gasteiger partial charge in [0.05, 0.1) is 13.7 Å². The maximum atomic E-state index is 11.7. The Hall–Kier alpha value is -0.900. The molecule has 3 atom stereocenters. The number of ketones is 1. The first-order valence-corrected chi connectivity index (χ1v) is 4.58. The summed E-state index contributed by atoms with van der Waals surface area (Å²) in [7, 11) is 1.36. The zero-order valence-electron chi connectivity index (χ0n) is 7.45. The largest absolute Gasteiger partial charge is 0.468 e. The number of esters is 1. The van der Waals surface area contributed by atoms with E-state index in [-0.39, 0.29) is 23.7 Å². The molecule has 0 aromatic heterocycles. The van der Waals surface area contributed by atoms with Crippen LogP contribution in [-0.4, -0.2) is 42.9 Å².